The molecular weight excluding hydrogens is 346 g/mol. The van der Waals surface area contributed by atoms with Crippen molar-refractivity contribution in [3.8, 4) is 0 Å². The van der Waals surface area contributed by atoms with Crippen LogP contribution in [-0.4, -0.2) is 43.8 Å². The highest BCUT2D eigenvalue weighted by Gasteiger charge is 2.42. The van der Waals surface area contributed by atoms with Crippen LogP contribution in [0.25, 0.3) is 0 Å². The summed E-state index contributed by atoms with van der Waals surface area (Å²) in [4.78, 5) is 16.8. The van der Waals surface area contributed by atoms with Crippen molar-refractivity contribution in [1.82, 2.24) is 4.90 Å². The first-order valence-electron chi connectivity index (χ1n) is 9.40. The maximum absolute atomic E-state index is 12.2. The summed E-state index contributed by atoms with van der Waals surface area (Å²) in [6.07, 6.45) is 3.03. The SMILES string of the molecule is CCOC(=O)c1cc2c(s1)CCC(c1ccccc1)(N1CCOCC1)C2. The highest BCUT2D eigenvalue weighted by atomic mass is 32.1. The third-order valence-electron chi connectivity index (χ3n) is 5.55. The van der Waals surface area contributed by atoms with Gasteiger partial charge in [0.05, 0.1) is 25.4 Å². The normalized spacial score (nSPS) is 23.4. The number of carbonyl (C=O) groups excluding carboxylic acids is 1. The number of hydrogen-bond donors (Lipinski definition) is 0. The molecular formula is C21H25NO3S. The largest absolute Gasteiger partial charge is 0.462 e. The molecule has 0 radical (unpaired) electrons. The molecule has 2 aromatic rings. The smallest absolute Gasteiger partial charge is 0.348 e. The fourth-order valence-corrected chi connectivity index (χ4v) is 5.37. The first kappa shape index (κ1) is 17.7. The molecule has 138 valence electrons. The summed E-state index contributed by atoms with van der Waals surface area (Å²) >= 11 is 1.61. The van der Waals surface area contributed by atoms with Crippen molar-refractivity contribution in [3.05, 3.63) is 57.3 Å². The summed E-state index contributed by atoms with van der Waals surface area (Å²) in [6.45, 7) is 5.77. The van der Waals surface area contributed by atoms with E-state index in [1.807, 2.05) is 6.92 Å². The van der Waals surface area contributed by atoms with Gasteiger partial charge in [-0.05, 0) is 43.4 Å². The Balaban J connectivity index is 1.69. The molecule has 1 aliphatic heterocycles. The average Bonchev–Trinajstić information content (AvgIpc) is 3.12. The number of benzene rings is 1. The zero-order chi connectivity index (χ0) is 18.0. The van der Waals surface area contributed by atoms with Gasteiger partial charge in [-0.3, -0.25) is 4.90 Å². The Hall–Kier alpha value is -1.69. The zero-order valence-electron chi connectivity index (χ0n) is 15.2. The van der Waals surface area contributed by atoms with Gasteiger partial charge in [0, 0.05) is 18.0 Å². The lowest BCUT2D eigenvalue weighted by molar-refractivity contribution is -0.0310. The van der Waals surface area contributed by atoms with E-state index in [2.05, 4.69) is 41.3 Å². The number of ether oxygens (including phenoxy) is 2. The molecule has 0 amide bonds. The molecule has 4 rings (SSSR count). The van der Waals surface area contributed by atoms with E-state index < -0.39 is 0 Å². The molecule has 1 unspecified atom stereocenters. The summed E-state index contributed by atoms with van der Waals surface area (Å²) in [5.74, 6) is -0.191. The second kappa shape index (κ2) is 7.51. The fourth-order valence-electron chi connectivity index (χ4n) is 4.29. The van der Waals surface area contributed by atoms with Crippen molar-refractivity contribution in [2.75, 3.05) is 32.9 Å². The first-order valence-corrected chi connectivity index (χ1v) is 10.2. The number of nitrogens with zero attached hydrogens (tertiary/aromatic N) is 1. The van der Waals surface area contributed by atoms with Crippen LogP contribution in [0.15, 0.2) is 36.4 Å². The minimum Gasteiger partial charge on any atom is -0.462 e. The van der Waals surface area contributed by atoms with Crippen LogP contribution in [0.1, 0.15) is 39.0 Å². The Bertz CT molecular complexity index is 767. The fraction of sp³-hybridized carbons (Fsp3) is 0.476. The molecule has 1 aromatic heterocycles. The second-order valence-electron chi connectivity index (χ2n) is 6.95. The van der Waals surface area contributed by atoms with Gasteiger partial charge in [-0.25, -0.2) is 4.79 Å². The molecule has 2 heterocycles. The first-order chi connectivity index (χ1) is 12.7. The van der Waals surface area contributed by atoms with Gasteiger partial charge in [-0.2, -0.15) is 0 Å². The van der Waals surface area contributed by atoms with E-state index in [4.69, 9.17) is 9.47 Å². The molecule has 1 fully saturated rings. The monoisotopic (exact) mass is 371 g/mol. The van der Waals surface area contributed by atoms with E-state index in [0.717, 1.165) is 50.4 Å². The molecule has 0 spiro atoms. The van der Waals surface area contributed by atoms with E-state index in [1.165, 1.54) is 16.0 Å². The van der Waals surface area contributed by atoms with Gasteiger partial charge in [-0.1, -0.05) is 30.3 Å². The van der Waals surface area contributed by atoms with E-state index in [9.17, 15) is 4.79 Å². The van der Waals surface area contributed by atoms with Crippen LogP contribution >= 0.6 is 11.3 Å². The van der Waals surface area contributed by atoms with Crippen LogP contribution < -0.4 is 0 Å². The van der Waals surface area contributed by atoms with Crippen molar-refractivity contribution in [1.29, 1.82) is 0 Å². The van der Waals surface area contributed by atoms with Gasteiger partial charge in [0.1, 0.15) is 4.88 Å². The van der Waals surface area contributed by atoms with Crippen LogP contribution in [0.2, 0.25) is 0 Å². The number of fused-ring (bicyclic) bond motifs is 1. The maximum atomic E-state index is 12.2. The molecule has 1 saturated heterocycles. The van der Waals surface area contributed by atoms with Gasteiger partial charge >= 0.3 is 5.97 Å². The predicted octanol–water partition coefficient (Wildman–Crippen LogP) is 3.64. The molecule has 1 aromatic carbocycles. The minimum absolute atomic E-state index is 0.00888. The summed E-state index contributed by atoms with van der Waals surface area (Å²) in [6, 6.07) is 12.9. The third kappa shape index (κ3) is 3.20. The highest BCUT2D eigenvalue weighted by molar-refractivity contribution is 7.14. The Morgan fingerprint density at radius 1 is 1.27 bits per heavy atom. The van der Waals surface area contributed by atoms with Crippen molar-refractivity contribution >= 4 is 17.3 Å². The molecule has 1 aliphatic carbocycles. The van der Waals surface area contributed by atoms with Gasteiger partial charge in [-0.15, -0.1) is 11.3 Å². The number of carbonyl (C=O) groups is 1. The summed E-state index contributed by atoms with van der Waals surface area (Å²) in [5.41, 5.74) is 2.67. The summed E-state index contributed by atoms with van der Waals surface area (Å²) < 4.78 is 10.8. The van der Waals surface area contributed by atoms with Crippen molar-refractivity contribution in [3.63, 3.8) is 0 Å². The van der Waals surface area contributed by atoms with Gasteiger partial charge < -0.3 is 9.47 Å². The van der Waals surface area contributed by atoms with Crippen LogP contribution in [0, 0.1) is 0 Å². The predicted molar refractivity (Wildman–Crippen MR) is 103 cm³/mol. The second-order valence-corrected chi connectivity index (χ2v) is 8.09. The molecule has 0 bridgehead atoms. The van der Waals surface area contributed by atoms with E-state index in [-0.39, 0.29) is 11.5 Å². The third-order valence-corrected chi connectivity index (χ3v) is 6.77. The molecule has 5 heteroatoms. The number of thiophene rings is 1. The Morgan fingerprint density at radius 2 is 2.04 bits per heavy atom. The molecule has 0 N–H and O–H groups in total. The molecule has 2 aliphatic rings. The van der Waals surface area contributed by atoms with E-state index >= 15 is 0 Å². The van der Waals surface area contributed by atoms with Crippen LogP contribution in [-0.2, 0) is 27.9 Å². The van der Waals surface area contributed by atoms with Crippen molar-refractivity contribution < 1.29 is 14.3 Å². The van der Waals surface area contributed by atoms with E-state index in [1.54, 1.807) is 11.3 Å². The topological polar surface area (TPSA) is 38.8 Å². The minimum atomic E-state index is -0.191. The molecule has 4 nitrogen and oxygen atoms in total. The lowest BCUT2D eigenvalue weighted by Gasteiger charge is -2.48. The van der Waals surface area contributed by atoms with Gasteiger partial charge in [0.2, 0.25) is 0 Å². The Morgan fingerprint density at radius 3 is 2.77 bits per heavy atom. The Kier molecular flexibility index (Phi) is 5.11. The number of rotatable bonds is 4. The maximum Gasteiger partial charge on any atom is 0.348 e. The standard InChI is InChI=1S/C21H25NO3S/c1-2-25-20(23)19-14-16-15-21(9-8-18(16)26-19,17-6-4-3-5-7-17)22-10-12-24-13-11-22/h3-7,14H,2,8-13,15H2,1H3. The van der Waals surface area contributed by atoms with Crippen LogP contribution in [0.3, 0.4) is 0 Å². The summed E-state index contributed by atoms with van der Waals surface area (Å²) in [5, 5.41) is 0. The summed E-state index contributed by atoms with van der Waals surface area (Å²) in [7, 11) is 0. The highest BCUT2D eigenvalue weighted by Crippen LogP contribution is 2.44. The number of esters is 1. The zero-order valence-corrected chi connectivity index (χ0v) is 16.0. The Labute approximate surface area is 158 Å². The number of hydrogen-bond acceptors (Lipinski definition) is 5. The van der Waals surface area contributed by atoms with Crippen molar-refractivity contribution in [2.45, 2.75) is 31.7 Å². The lowest BCUT2D eigenvalue weighted by atomic mass is 9.74. The van der Waals surface area contributed by atoms with Gasteiger partial charge in [0.15, 0.2) is 0 Å². The molecule has 0 saturated carbocycles. The van der Waals surface area contributed by atoms with E-state index in [0.29, 0.717) is 6.61 Å². The number of morpholine rings is 1. The van der Waals surface area contributed by atoms with Gasteiger partial charge in [0.25, 0.3) is 0 Å². The lowest BCUT2D eigenvalue weighted by Crippen LogP contribution is -2.54. The van der Waals surface area contributed by atoms with Crippen LogP contribution in [0.4, 0.5) is 0 Å². The average molecular weight is 372 g/mol. The number of aryl methyl sites for hydroxylation is 1. The van der Waals surface area contributed by atoms with Crippen molar-refractivity contribution in [2.24, 2.45) is 0 Å². The van der Waals surface area contributed by atoms with Crippen LogP contribution in [0.5, 0.6) is 0 Å². The quantitative estimate of drug-likeness (QED) is 0.769. The molecule has 1 atom stereocenters. The molecule has 26 heavy (non-hydrogen) atoms.